The molecule has 2 aromatic rings. The molecule has 11 heteroatoms. The summed E-state index contributed by atoms with van der Waals surface area (Å²) < 4.78 is 62.2. The Bertz CT molecular complexity index is 795. The van der Waals surface area contributed by atoms with Gasteiger partial charge in [-0.1, -0.05) is 35.3 Å². The van der Waals surface area contributed by atoms with Crippen LogP contribution in [-0.2, 0) is 47.9 Å². The molecule has 0 saturated carbocycles. The van der Waals surface area contributed by atoms with Crippen molar-refractivity contribution < 1.29 is 53.6 Å². The van der Waals surface area contributed by atoms with Crippen LogP contribution in [0.4, 0.5) is 0 Å². The second kappa shape index (κ2) is 9.31. The van der Waals surface area contributed by atoms with E-state index in [1.54, 1.807) is 0 Å². The van der Waals surface area contributed by atoms with Crippen LogP contribution in [-0.4, -0.2) is 25.9 Å². The summed E-state index contributed by atoms with van der Waals surface area (Å²) in [6.07, 6.45) is 0. The zero-order valence-corrected chi connectivity index (χ0v) is 20.0. The fourth-order valence-electron chi connectivity index (χ4n) is 1.25. The van der Waals surface area contributed by atoms with Gasteiger partial charge in [-0.2, -0.15) is 0 Å². The van der Waals surface area contributed by atoms with Crippen LogP contribution in [0.15, 0.2) is 58.3 Å². The van der Waals surface area contributed by atoms with Gasteiger partial charge >= 0.3 is 27.7 Å². The molecule has 0 amide bonds. The van der Waals surface area contributed by atoms with Crippen LogP contribution in [0.3, 0.4) is 0 Å². The molecule has 120 valence electrons. The van der Waals surface area contributed by atoms with Crippen LogP contribution in [0.2, 0.25) is 10.0 Å². The average Bonchev–Trinajstić information content (AvgIpc) is 2.37. The van der Waals surface area contributed by atoms with Crippen LogP contribution in [0.25, 0.3) is 0 Å². The zero-order valence-electron chi connectivity index (χ0n) is 11.3. The van der Waals surface area contributed by atoms with Gasteiger partial charge in [0.15, 0.2) is 0 Å². The Morgan fingerprint density at radius 1 is 0.696 bits per heavy atom. The minimum absolute atomic E-state index is 0. The van der Waals surface area contributed by atoms with E-state index in [1.807, 2.05) is 0 Å². The molecule has 2 aromatic carbocycles. The van der Waals surface area contributed by atoms with E-state index in [4.69, 9.17) is 23.2 Å². The predicted octanol–water partition coefficient (Wildman–Crippen LogP) is 2.49. The molecule has 0 bridgehead atoms. The van der Waals surface area contributed by atoms with Crippen LogP contribution in [0, 0.1) is 0 Å². The second-order valence-corrected chi connectivity index (χ2v) is 7.46. The summed E-state index contributed by atoms with van der Waals surface area (Å²) in [6.45, 7) is 0. The predicted molar refractivity (Wildman–Crippen MR) is 78.8 cm³/mol. The summed E-state index contributed by atoms with van der Waals surface area (Å²) in [5, 5.41) is 0.476. The summed E-state index contributed by atoms with van der Waals surface area (Å²) in [5.74, 6) is 0. The largest absolute Gasteiger partial charge is 2.00 e. The minimum atomic E-state index is -4.36. The van der Waals surface area contributed by atoms with Crippen molar-refractivity contribution in [1.29, 1.82) is 0 Å². The van der Waals surface area contributed by atoms with Gasteiger partial charge < -0.3 is 9.11 Å². The van der Waals surface area contributed by atoms with Crippen molar-refractivity contribution in [2.24, 2.45) is 0 Å². The maximum absolute atomic E-state index is 10.4. The summed E-state index contributed by atoms with van der Waals surface area (Å²) in [7, 11) is -8.72. The molecule has 0 saturated heterocycles. The SMILES string of the molecule is O=S(=O)([O-])c1cccc(Cl)c1.O=S(=O)([O-])c1cccc(Cl)c1.[Hg+2]. The number of halogens is 2. The average molecular weight is 584 g/mol. The van der Waals surface area contributed by atoms with E-state index in [9.17, 15) is 25.9 Å². The molecule has 23 heavy (non-hydrogen) atoms. The van der Waals surface area contributed by atoms with Gasteiger partial charge in [0, 0.05) is 10.0 Å². The third-order valence-electron chi connectivity index (χ3n) is 2.17. The van der Waals surface area contributed by atoms with Crippen molar-refractivity contribution in [3.8, 4) is 0 Å². The quantitative estimate of drug-likeness (QED) is 0.397. The summed E-state index contributed by atoms with van der Waals surface area (Å²) >= 11 is 10.9. The molecule has 6 nitrogen and oxygen atoms in total. The Morgan fingerprint density at radius 3 is 1.17 bits per heavy atom. The van der Waals surface area contributed by atoms with Gasteiger partial charge in [0.2, 0.25) is 0 Å². The molecule has 2 rings (SSSR count). The third-order valence-corrected chi connectivity index (χ3v) is 4.30. The molecule has 0 heterocycles. The normalized spacial score (nSPS) is 11.0. The zero-order chi connectivity index (χ0) is 17.0. The van der Waals surface area contributed by atoms with Crippen molar-refractivity contribution in [1.82, 2.24) is 0 Å². The fraction of sp³-hybridized carbons (Fsp3) is 0. The molecule has 0 fully saturated rings. The fourth-order valence-corrected chi connectivity index (χ4v) is 2.79. The Balaban J connectivity index is 0.000000403. The summed E-state index contributed by atoms with van der Waals surface area (Å²) in [6, 6.07) is 10.4. The molecule has 0 atom stereocenters. The molecule has 0 radical (unpaired) electrons. The van der Waals surface area contributed by atoms with Gasteiger partial charge in [0.25, 0.3) is 0 Å². The van der Waals surface area contributed by atoms with Gasteiger partial charge in [-0.3, -0.25) is 0 Å². The number of rotatable bonds is 2. The van der Waals surface area contributed by atoms with E-state index in [-0.39, 0.29) is 47.5 Å². The van der Waals surface area contributed by atoms with Gasteiger partial charge in [-0.25, -0.2) is 16.8 Å². The molecule has 0 unspecified atom stereocenters. The first-order valence-electron chi connectivity index (χ1n) is 5.43. The van der Waals surface area contributed by atoms with E-state index in [2.05, 4.69) is 0 Å². The van der Waals surface area contributed by atoms with Crippen molar-refractivity contribution in [3.63, 3.8) is 0 Å². The van der Waals surface area contributed by atoms with Crippen LogP contribution < -0.4 is 0 Å². The first-order valence-corrected chi connectivity index (χ1v) is 9.00. The second-order valence-electron chi connectivity index (χ2n) is 3.82. The topological polar surface area (TPSA) is 114 Å². The molecule has 0 aliphatic heterocycles. The molecular weight excluding hydrogens is 576 g/mol. The summed E-state index contributed by atoms with van der Waals surface area (Å²) in [5.41, 5.74) is 0. The Labute approximate surface area is 164 Å². The monoisotopic (exact) mass is 584 g/mol. The smallest absolute Gasteiger partial charge is 0.744 e. The first-order chi connectivity index (χ1) is 10.00. The maximum Gasteiger partial charge on any atom is 2.00 e. The number of hydrogen-bond acceptors (Lipinski definition) is 6. The van der Waals surface area contributed by atoms with E-state index in [0.29, 0.717) is 0 Å². The Kier molecular flexibility index (Phi) is 9.22. The first kappa shape index (κ1) is 22.8. The van der Waals surface area contributed by atoms with Crippen molar-refractivity contribution in [2.75, 3.05) is 0 Å². The molecule has 0 spiro atoms. The Hall–Kier alpha value is -0.225. The number of hydrogen-bond donors (Lipinski definition) is 0. The van der Waals surface area contributed by atoms with Crippen molar-refractivity contribution in [3.05, 3.63) is 58.6 Å². The molecule has 0 aliphatic rings. The van der Waals surface area contributed by atoms with E-state index in [0.717, 1.165) is 12.1 Å². The molecule has 0 N–H and O–H groups in total. The molecular formula is C12H8Cl2HgO6S2. The van der Waals surface area contributed by atoms with Gasteiger partial charge in [0.1, 0.15) is 20.2 Å². The van der Waals surface area contributed by atoms with Crippen LogP contribution >= 0.6 is 23.2 Å². The van der Waals surface area contributed by atoms with Crippen LogP contribution in [0.1, 0.15) is 0 Å². The summed E-state index contributed by atoms with van der Waals surface area (Å²) in [4.78, 5) is -0.602. The van der Waals surface area contributed by atoms with Crippen molar-refractivity contribution >= 4 is 43.4 Å². The standard InChI is InChI=1S/2C6H5ClO3S.Hg/c2*7-5-2-1-3-6(4-5)11(8,9)10;/h2*1-4H,(H,8,9,10);/q;;+2/p-2. The molecule has 0 aromatic heterocycles. The van der Waals surface area contributed by atoms with Crippen LogP contribution in [0.5, 0.6) is 0 Å². The van der Waals surface area contributed by atoms with E-state index >= 15 is 0 Å². The van der Waals surface area contributed by atoms with Gasteiger partial charge in [-0.05, 0) is 36.4 Å². The van der Waals surface area contributed by atoms with Gasteiger partial charge in [0.05, 0.1) is 9.79 Å². The van der Waals surface area contributed by atoms with E-state index in [1.165, 1.54) is 36.4 Å². The van der Waals surface area contributed by atoms with Gasteiger partial charge in [-0.15, -0.1) is 0 Å². The third kappa shape index (κ3) is 8.43. The maximum atomic E-state index is 10.4. The van der Waals surface area contributed by atoms with Crippen molar-refractivity contribution in [2.45, 2.75) is 9.79 Å². The number of benzene rings is 2. The molecule has 0 aliphatic carbocycles. The minimum Gasteiger partial charge on any atom is -0.744 e. The van der Waals surface area contributed by atoms with E-state index < -0.39 is 20.2 Å². The Morgan fingerprint density at radius 2 is 1.00 bits per heavy atom.